The Hall–Kier alpha value is -2.32. The van der Waals surface area contributed by atoms with E-state index >= 15 is 0 Å². The Balaban J connectivity index is 1.39. The summed E-state index contributed by atoms with van der Waals surface area (Å²) in [7, 11) is 0. The normalized spacial score (nSPS) is 23.9. The van der Waals surface area contributed by atoms with Crippen molar-refractivity contribution in [3.05, 3.63) is 42.0 Å². The monoisotopic (exact) mass is 454 g/mol. The first-order chi connectivity index (χ1) is 15.5. The largest absolute Gasteiger partial charge is 0.382 e. The van der Waals surface area contributed by atoms with Gasteiger partial charge >= 0.3 is 0 Å². The van der Waals surface area contributed by atoms with Gasteiger partial charge in [0.05, 0.1) is 11.9 Å². The third kappa shape index (κ3) is 4.86. The molecule has 32 heavy (non-hydrogen) atoms. The molecule has 3 heterocycles. The lowest BCUT2D eigenvalue weighted by molar-refractivity contribution is -0.118. The number of amides is 1. The smallest absolute Gasteiger partial charge is 0.248 e. The number of nitrogens with zero attached hydrogens (tertiary/aromatic N) is 3. The number of anilines is 1. The van der Waals surface area contributed by atoms with E-state index in [1.165, 1.54) is 37.2 Å². The van der Waals surface area contributed by atoms with Crippen LogP contribution in [0.4, 0.5) is 5.69 Å². The molecule has 1 unspecified atom stereocenters. The van der Waals surface area contributed by atoms with Gasteiger partial charge in [-0.05, 0) is 58.2 Å². The van der Waals surface area contributed by atoms with Gasteiger partial charge in [0.15, 0.2) is 0 Å². The summed E-state index contributed by atoms with van der Waals surface area (Å²) in [6.45, 7) is 6.55. The number of fused-ring (bicyclic) bond motifs is 1. The average Bonchev–Trinajstić information content (AvgIpc) is 3.27. The Morgan fingerprint density at radius 2 is 1.91 bits per heavy atom. The van der Waals surface area contributed by atoms with Gasteiger partial charge in [-0.25, -0.2) is 4.98 Å². The summed E-state index contributed by atoms with van der Waals surface area (Å²) < 4.78 is 0. The number of carbonyl (C=O) groups excluding carboxylic acids is 1. The van der Waals surface area contributed by atoms with E-state index in [-0.39, 0.29) is 11.7 Å². The van der Waals surface area contributed by atoms with E-state index in [0.717, 1.165) is 36.4 Å². The number of benzene rings is 1. The minimum Gasteiger partial charge on any atom is -0.382 e. The topological polar surface area (TPSA) is 102 Å². The average molecular weight is 455 g/mol. The standard InChI is InChI=1S/C24H34N6OS/c1-16-9-8-10-17(2)29(16)13-6-3-7-14-30-19-11-4-5-12-20(19)32-21(24(30)31)23-27-15-18(28-23)22(25)26/h4-5,11-12,15-17,21H,3,6-10,13-14H2,1-2H3,(H3,25,26)(H,27,28)/t16-,17+,21?. The van der Waals surface area contributed by atoms with E-state index in [1.807, 2.05) is 23.1 Å². The quantitative estimate of drug-likeness (QED) is 0.313. The molecule has 172 valence electrons. The Morgan fingerprint density at radius 1 is 1.19 bits per heavy atom. The molecule has 1 aromatic heterocycles. The van der Waals surface area contributed by atoms with E-state index in [9.17, 15) is 4.79 Å². The van der Waals surface area contributed by atoms with Crippen molar-refractivity contribution in [1.82, 2.24) is 14.9 Å². The number of amidine groups is 1. The highest BCUT2D eigenvalue weighted by molar-refractivity contribution is 8.00. The van der Waals surface area contributed by atoms with Crippen LogP contribution in [-0.4, -0.2) is 51.8 Å². The van der Waals surface area contributed by atoms with E-state index < -0.39 is 5.25 Å². The number of carbonyl (C=O) groups is 1. The first kappa shape index (κ1) is 22.9. The maximum absolute atomic E-state index is 13.4. The summed E-state index contributed by atoms with van der Waals surface area (Å²) in [5.74, 6) is 0.515. The predicted molar refractivity (Wildman–Crippen MR) is 130 cm³/mol. The van der Waals surface area contributed by atoms with Crippen molar-refractivity contribution in [1.29, 1.82) is 5.41 Å². The molecule has 4 rings (SSSR count). The number of hydrogen-bond acceptors (Lipinski definition) is 5. The maximum atomic E-state index is 13.4. The first-order valence-corrected chi connectivity index (χ1v) is 12.6. The molecule has 0 saturated carbocycles. The number of H-pyrrole nitrogens is 1. The fourth-order valence-electron chi connectivity index (χ4n) is 4.88. The van der Waals surface area contributed by atoms with Crippen LogP contribution in [0.2, 0.25) is 0 Å². The number of aromatic amines is 1. The number of piperidine rings is 1. The van der Waals surface area contributed by atoms with E-state index in [0.29, 0.717) is 30.1 Å². The lowest BCUT2D eigenvalue weighted by atomic mass is 9.97. The molecule has 2 aromatic rings. The lowest BCUT2D eigenvalue weighted by Gasteiger charge is -2.39. The highest BCUT2D eigenvalue weighted by atomic mass is 32.2. The summed E-state index contributed by atoms with van der Waals surface area (Å²) >= 11 is 1.51. The van der Waals surface area contributed by atoms with Crippen molar-refractivity contribution in [3.8, 4) is 0 Å². The van der Waals surface area contributed by atoms with Gasteiger partial charge in [-0.15, -0.1) is 11.8 Å². The summed E-state index contributed by atoms with van der Waals surface area (Å²) in [5, 5.41) is 7.15. The van der Waals surface area contributed by atoms with E-state index in [4.69, 9.17) is 11.1 Å². The van der Waals surface area contributed by atoms with Crippen LogP contribution in [0.1, 0.15) is 69.1 Å². The second kappa shape index (κ2) is 10.1. The molecule has 2 aliphatic heterocycles. The maximum Gasteiger partial charge on any atom is 0.248 e. The molecule has 1 fully saturated rings. The Morgan fingerprint density at radius 3 is 2.62 bits per heavy atom. The number of nitrogen functional groups attached to an aromatic ring is 1. The van der Waals surface area contributed by atoms with Gasteiger partial charge in [-0.2, -0.15) is 0 Å². The second-order valence-electron chi connectivity index (χ2n) is 8.98. The Kier molecular flexibility index (Phi) is 7.20. The Bertz CT molecular complexity index is 949. The molecule has 0 spiro atoms. The highest BCUT2D eigenvalue weighted by Gasteiger charge is 2.36. The van der Waals surface area contributed by atoms with Crippen LogP contribution >= 0.6 is 11.8 Å². The molecule has 1 amide bonds. The molecular weight excluding hydrogens is 420 g/mol. The molecule has 1 saturated heterocycles. The van der Waals surface area contributed by atoms with Crippen LogP contribution in [0.15, 0.2) is 35.4 Å². The van der Waals surface area contributed by atoms with Crippen LogP contribution in [0.5, 0.6) is 0 Å². The van der Waals surface area contributed by atoms with E-state index in [1.54, 1.807) is 0 Å². The minimum atomic E-state index is -0.451. The number of rotatable bonds is 8. The fourth-order valence-corrected chi connectivity index (χ4v) is 6.05. The summed E-state index contributed by atoms with van der Waals surface area (Å²) in [6.07, 6.45) is 8.73. The van der Waals surface area contributed by atoms with Crippen LogP contribution < -0.4 is 10.6 Å². The fraction of sp³-hybridized carbons (Fsp3) is 0.542. The van der Waals surface area contributed by atoms with Gasteiger partial charge in [0.25, 0.3) is 0 Å². The third-order valence-electron chi connectivity index (χ3n) is 6.70. The predicted octanol–water partition coefficient (Wildman–Crippen LogP) is 4.31. The van der Waals surface area contributed by atoms with Crippen LogP contribution in [0.25, 0.3) is 0 Å². The molecule has 4 N–H and O–H groups in total. The molecule has 3 atom stereocenters. The number of thioether (sulfide) groups is 1. The number of nitrogens with two attached hydrogens (primary N) is 1. The molecule has 0 aliphatic carbocycles. The highest BCUT2D eigenvalue weighted by Crippen LogP contribution is 2.45. The number of likely N-dealkylation sites (tertiary alicyclic amines) is 1. The van der Waals surface area contributed by atoms with Gasteiger partial charge in [-0.3, -0.25) is 15.1 Å². The molecule has 0 radical (unpaired) electrons. The van der Waals surface area contributed by atoms with Crippen LogP contribution in [-0.2, 0) is 4.79 Å². The summed E-state index contributed by atoms with van der Waals surface area (Å²) in [5.41, 5.74) is 6.99. The first-order valence-electron chi connectivity index (χ1n) is 11.7. The van der Waals surface area contributed by atoms with Crippen molar-refractivity contribution < 1.29 is 4.79 Å². The van der Waals surface area contributed by atoms with Gasteiger partial charge < -0.3 is 15.6 Å². The zero-order chi connectivity index (χ0) is 22.7. The number of para-hydroxylation sites is 1. The zero-order valence-electron chi connectivity index (χ0n) is 19.0. The molecule has 8 heteroatoms. The minimum absolute atomic E-state index is 0.0384. The third-order valence-corrected chi connectivity index (χ3v) is 7.96. The van der Waals surface area contributed by atoms with Crippen LogP contribution in [0.3, 0.4) is 0 Å². The Labute approximate surface area is 194 Å². The second-order valence-corrected chi connectivity index (χ2v) is 10.1. The van der Waals surface area contributed by atoms with Crippen molar-refractivity contribution in [3.63, 3.8) is 0 Å². The van der Waals surface area contributed by atoms with Crippen molar-refractivity contribution in [2.45, 2.75) is 74.6 Å². The van der Waals surface area contributed by atoms with Gasteiger partial charge in [-0.1, -0.05) is 25.0 Å². The SMILES string of the molecule is C[C@@H]1CCC[C@H](C)N1CCCCCN1C(=O)C(c2ncc(C(=N)N)[nH]2)Sc2ccccc21. The van der Waals surface area contributed by atoms with E-state index in [2.05, 4.69) is 34.8 Å². The summed E-state index contributed by atoms with van der Waals surface area (Å²) in [4.78, 5) is 26.5. The van der Waals surface area contributed by atoms with Crippen molar-refractivity contribution >= 4 is 29.2 Å². The number of nitrogens with one attached hydrogen (secondary N) is 2. The van der Waals surface area contributed by atoms with Gasteiger partial charge in [0.1, 0.15) is 22.6 Å². The number of hydrogen-bond donors (Lipinski definition) is 3. The molecule has 2 aliphatic rings. The summed E-state index contributed by atoms with van der Waals surface area (Å²) in [6, 6.07) is 9.43. The van der Waals surface area contributed by atoms with Crippen molar-refractivity contribution in [2.24, 2.45) is 5.73 Å². The van der Waals surface area contributed by atoms with Gasteiger partial charge in [0.2, 0.25) is 5.91 Å². The zero-order valence-corrected chi connectivity index (χ0v) is 19.8. The number of unbranched alkanes of at least 4 members (excludes halogenated alkanes) is 2. The lowest BCUT2D eigenvalue weighted by Crippen LogP contribution is -2.44. The van der Waals surface area contributed by atoms with Crippen LogP contribution in [0, 0.1) is 5.41 Å². The van der Waals surface area contributed by atoms with Gasteiger partial charge in [0, 0.05) is 23.5 Å². The molecular formula is C24H34N6OS. The molecule has 1 aromatic carbocycles. The molecule has 0 bridgehead atoms. The van der Waals surface area contributed by atoms with Crippen molar-refractivity contribution in [2.75, 3.05) is 18.0 Å². The number of imidazole rings is 1. The molecule has 7 nitrogen and oxygen atoms in total. The number of aromatic nitrogens is 2.